The highest BCUT2D eigenvalue weighted by Gasteiger charge is 2.37. The molecule has 1 saturated heterocycles. The molecule has 0 saturated carbocycles. The van der Waals surface area contributed by atoms with Crippen molar-refractivity contribution in [3.8, 4) is 11.5 Å². The standard InChI is InChI=1S/C22H27ClN4O5/c1-21(2,3)32-20(28)27-8-6-13(7-9-27)17-15(23)10-14(11-24-17)18-25-26-19(30-18)16-12-29-22(4,5)31-16/h6,10-11,16H,7-9,12H2,1-5H3/t16-/m1/s1. The number of rotatable bonds is 3. The molecule has 9 nitrogen and oxygen atoms in total. The Morgan fingerprint density at radius 2 is 2.09 bits per heavy atom. The van der Waals surface area contributed by atoms with E-state index >= 15 is 0 Å². The minimum absolute atomic E-state index is 0.308. The summed E-state index contributed by atoms with van der Waals surface area (Å²) in [6.45, 7) is 10.5. The number of nitrogens with zero attached hydrogens (tertiary/aromatic N) is 4. The van der Waals surface area contributed by atoms with Crippen LogP contribution < -0.4 is 0 Å². The molecule has 2 aliphatic heterocycles. The van der Waals surface area contributed by atoms with Gasteiger partial charge in [-0.3, -0.25) is 4.98 Å². The molecule has 4 heterocycles. The molecule has 0 radical (unpaired) electrons. The smallest absolute Gasteiger partial charge is 0.410 e. The van der Waals surface area contributed by atoms with Gasteiger partial charge in [0.15, 0.2) is 11.9 Å². The fourth-order valence-electron chi connectivity index (χ4n) is 3.46. The Labute approximate surface area is 191 Å². The second kappa shape index (κ2) is 8.46. The van der Waals surface area contributed by atoms with Gasteiger partial charge in [-0.1, -0.05) is 17.7 Å². The Morgan fingerprint density at radius 3 is 2.69 bits per heavy atom. The largest absolute Gasteiger partial charge is 0.444 e. The van der Waals surface area contributed by atoms with Gasteiger partial charge in [-0.2, -0.15) is 0 Å². The van der Waals surface area contributed by atoms with Gasteiger partial charge in [0.05, 0.1) is 22.9 Å². The second-order valence-corrected chi connectivity index (χ2v) is 9.63. The molecule has 1 fully saturated rings. The van der Waals surface area contributed by atoms with Crippen LogP contribution in [0.1, 0.15) is 58.7 Å². The molecule has 2 aromatic rings. The van der Waals surface area contributed by atoms with Crippen molar-refractivity contribution < 1.29 is 23.4 Å². The quantitative estimate of drug-likeness (QED) is 0.650. The molecular formula is C22H27ClN4O5. The highest BCUT2D eigenvalue weighted by Crippen LogP contribution is 2.34. The van der Waals surface area contributed by atoms with Gasteiger partial charge in [-0.05, 0) is 52.7 Å². The number of carbonyl (C=O) groups is 1. The summed E-state index contributed by atoms with van der Waals surface area (Å²) in [5, 5.41) is 8.65. The predicted octanol–water partition coefficient (Wildman–Crippen LogP) is 4.63. The van der Waals surface area contributed by atoms with Crippen molar-refractivity contribution >= 4 is 23.3 Å². The van der Waals surface area contributed by atoms with Crippen LogP contribution in [-0.4, -0.2) is 57.3 Å². The van der Waals surface area contributed by atoms with E-state index in [1.165, 1.54) is 0 Å². The van der Waals surface area contributed by atoms with E-state index in [4.69, 9.17) is 30.2 Å². The van der Waals surface area contributed by atoms with Gasteiger partial charge >= 0.3 is 6.09 Å². The van der Waals surface area contributed by atoms with Crippen molar-refractivity contribution in [1.82, 2.24) is 20.1 Å². The maximum atomic E-state index is 12.3. The maximum Gasteiger partial charge on any atom is 0.410 e. The van der Waals surface area contributed by atoms with E-state index in [1.54, 1.807) is 17.2 Å². The van der Waals surface area contributed by atoms with Crippen LogP contribution in [0.5, 0.6) is 0 Å². The van der Waals surface area contributed by atoms with Gasteiger partial charge in [0.25, 0.3) is 0 Å². The normalized spacial score (nSPS) is 20.9. The molecule has 0 spiro atoms. The lowest BCUT2D eigenvalue weighted by atomic mass is 10.0. The highest BCUT2D eigenvalue weighted by atomic mass is 35.5. The first-order chi connectivity index (χ1) is 15.0. The number of hydrogen-bond donors (Lipinski definition) is 0. The molecule has 10 heteroatoms. The summed E-state index contributed by atoms with van der Waals surface area (Å²) >= 11 is 6.53. The summed E-state index contributed by atoms with van der Waals surface area (Å²) in [5.74, 6) is -0.0236. The topological polar surface area (TPSA) is 99.8 Å². The third-order valence-corrected chi connectivity index (χ3v) is 5.27. The number of hydrogen-bond acceptors (Lipinski definition) is 8. The number of carbonyl (C=O) groups excluding carboxylic acids is 1. The summed E-state index contributed by atoms with van der Waals surface area (Å²) in [6, 6.07) is 1.75. The van der Waals surface area contributed by atoms with Crippen molar-refractivity contribution in [1.29, 1.82) is 0 Å². The minimum Gasteiger partial charge on any atom is -0.444 e. The zero-order valence-corrected chi connectivity index (χ0v) is 19.6. The van der Waals surface area contributed by atoms with Gasteiger partial charge in [-0.25, -0.2) is 4.79 Å². The lowest BCUT2D eigenvalue weighted by Gasteiger charge is -2.29. The monoisotopic (exact) mass is 462 g/mol. The van der Waals surface area contributed by atoms with E-state index in [0.717, 1.165) is 5.57 Å². The van der Waals surface area contributed by atoms with Crippen LogP contribution in [0.4, 0.5) is 4.79 Å². The molecular weight excluding hydrogens is 436 g/mol. The molecule has 0 N–H and O–H groups in total. The SMILES string of the molecule is CC(C)(C)OC(=O)N1CC=C(c2ncc(-c3nnc([C@H]4COC(C)(C)O4)o3)cc2Cl)CC1. The molecule has 0 bridgehead atoms. The second-order valence-electron chi connectivity index (χ2n) is 9.22. The van der Waals surface area contributed by atoms with Crippen LogP contribution in [0.3, 0.4) is 0 Å². The van der Waals surface area contributed by atoms with Gasteiger partial charge in [-0.15, -0.1) is 10.2 Å². The summed E-state index contributed by atoms with van der Waals surface area (Å²) in [6.07, 6.45) is 3.50. The molecule has 172 valence electrons. The Hall–Kier alpha value is -2.49. The third-order valence-electron chi connectivity index (χ3n) is 4.98. The van der Waals surface area contributed by atoms with Crippen molar-refractivity contribution in [2.45, 2.75) is 58.5 Å². The molecule has 2 aromatic heterocycles. The van der Waals surface area contributed by atoms with Crippen molar-refractivity contribution in [2.75, 3.05) is 19.7 Å². The number of pyridine rings is 1. The van der Waals surface area contributed by atoms with Crippen LogP contribution >= 0.6 is 11.6 Å². The van der Waals surface area contributed by atoms with E-state index in [0.29, 0.717) is 54.2 Å². The molecule has 32 heavy (non-hydrogen) atoms. The Kier molecular flexibility index (Phi) is 6.00. The molecule has 2 aliphatic rings. The van der Waals surface area contributed by atoms with Gasteiger partial charge in [0.2, 0.25) is 11.8 Å². The van der Waals surface area contributed by atoms with Gasteiger partial charge < -0.3 is 23.5 Å². The van der Waals surface area contributed by atoms with E-state index in [2.05, 4.69) is 15.2 Å². The first-order valence-electron chi connectivity index (χ1n) is 10.5. The highest BCUT2D eigenvalue weighted by molar-refractivity contribution is 6.32. The first kappa shape index (κ1) is 22.7. The predicted molar refractivity (Wildman–Crippen MR) is 117 cm³/mol. The Morgan fingerprint density at radius 1 is 1.31 bits per heavy atom. The van der Waals surface area contributed by atoms with E-state index in [1.807, 2.05) is 40.7 Å². The summed E-state index contributed by atoms with van der Waals surface area (Å²) in [4.78, 5) is 18.4. The van der Waals surface area contributed by atoms with Gasteiger partial charge in [0, 0.05) is 19.3 Å². The van der Waals surface area contributed by atoms with Crippen LogP contribution in [0.15, 0.2) is 22.8 Å². The van der Waals surface area contributed by atoms with Crippen LogP contribution in [0, 0.1) is 0 Å². The number of aromatic nitrogens is 3. The molecule has 0 aliphatic carbocycles. The molecule has 1 amide bonds. The van der Waals surface area contributed by atoms with E-state index in [-0.39, 0.29) is 6.09 Å². The zero-order valence-electron chi connectivity index (χ0n) is 18.8. The van der Waals surface area contributed by atoms with Crippen molar-refractivity contribution in [3.05, 3.63) is 34.9 Å². The Bertz CT molecular complexity index is 1040. The fraction of sp³-hybridized carbons (Fsp3) is 0.545. The molecule has 0 aromatic carbocycles. The van der Waals surface area contributed by atoms with Crippen LogP contribution in [0.25, 0.3) is 17.0 Å². The van der Waals surface area contributed by atoms with E-state index in [9.17, 15) is 4.79 Å². The van der Waals surface area contributed by atoms with Crippen molar-refractivity contribution in [2.24, 2.45) is 0 Å². The number of amides is 1. The molecule has 1 atom stereocenters. The lowest BCUT2D eigenvalue weighted by molar-refractivity contribution is -0.141. The summed E-state index contributed by atoms with van der Waals surface area (Å²) in [5.41, 5.74) is 1.74. The molecule has 4 rings (SSSR count). The van der Waals surface area contributed by atoms with E-state index < -0.39 is 17.5 Å². The average Bonchev–Trinajstić information content (AvgIpc) is 3.33. The minimum atomic E-state index is -0.682. The zero-order chi connectivity index (χ0) is 23.1. The Balaban J connectivity index is 1.45. The van der Waals surface area contributed by atoms with Gasteiger partial charge in [0.1, 0.15) is 5.60 Å². The maximum absolute atomic E-state index is 12.3. The average molecular weight is 463 g/mol. The first-order valence-corrected chi connectivity index (χ1v) is 10.9. The van der Waals surface area contributed by atoms with Crippen molar-refractivity contribution in [3.63, 3.8) is 0 Å². The molecule has 0 unspecified atom stereocenters. The lowest BCUT2D eigenvalue weighted by Crippen LogP contribution is -2.39. The fourth-order valence-corrected chi connectivity index (χ4v) is 3.75. The number of ether oxygens (including phenoxy) is 3. The summed E-state index contributed by atoms with van der Waals surface area (Å²) < 4.78 is 22.5. The number of halogens is 1. The third kappa shape index (κ3) is 5.11. The summed E-state index contributed by atoms with van der Waals surface area (Å²) in [7, 11) is 0. The van der Waals surface area contributed by atoms with Crippen LogP contribution in [-0.2, 0) is 14.2 Å². The van der Waals surface area contributed by atoms with Crippen LogP contribution in [0.2, 0.25) is 5.02 Å².